The lowest BCUT2D eigenvalue weighted by atomic mass is 9.84. The van der Waals surface area contributed by atoms with E-state index in [1.54, 1.807) is 18.2 Å². The lowest BCUT2D eigenvalue weighted by molar-refractivity contribution is 0.669. The van der Waals surface area contributed by atoms with Crippen molar-refractivity contribution in [3.8, 4) is 33.4 Å². The Hall–Kier alpha value is -5.14. The smallest absolute Gasteiger partial charge is 0.136 e. The van der Waals surface area contributed by atoms with Crippen LogP contribution in [0.4, 0.5) is 0 Å². The van der Waals surface area contributed by atoms with E-state index in [1.165, 1.54) is 12.1 Å². The Morgan fingerprint density at radius 2 is 1.05 bits per heavy atom. The van der Waals surface area contributed by atoms with Gasteiger partial charge >= 0.3 is 0 Å². The summed E-state index contributed by atoms with van der Waals surface area (Å²) in [5, 5.41) is 1.60. The predicted octanol–water partition coefficient (Wildman–Crippen LogP) is 10.9. The van der Waals surface area contributed by atoms with Gasteiger partial charge in [-0.05, 0) is 73.1 Å². The van der Waals surface area contributed by atoms with Crippen molar-refractivity contribution in [2.24, 2.45) is 0 Å². The van der Waals surface area contributed by atoms with Crippen molar-refractivity contribution in [1.82, 2.24) is 0 Å². The molecule has 0 saturated carbocycles. The largest absolute Gasteiger partial charge is 0.456 e. The molecule has 0 amide bonds. The monoisotopic (exact) mass is 511 g/mol. The quantitative estimate of drug-likeness (QED) is 0.215. The zero-order chi connectivity index (χ0) is 38.8. The molecule has 1 aromatic heterocycles. The first-order valence-electron chi connectivity index (χ1n) is 19.6. The molecule has 0 atom stereocenters. The van der Waals surface area contributed by atoms with Gasteiger partial charge in [0.2, 0.25) is 0 Å². The molecule has 1 nitrogen and oxygen atoms in total. The molecule has 0 saturated heterocycles. The third-order valence-corrected chi connectivity index (χ3v) is 6.89. The molecule has 1 heteroatoms. The highest BCUT2D eigenvalue weighted by atomic mass is 16.3. The number of rotatable bonds is 3. The Bertz CT molecular complexity index is 2970. The molecule has 0 unspecified atom stereocenters. The van der Waals surface area contributed by atoms with Crippen LogP contribution in [0.2, 0.25) is 0 Å². The lowest BCUT2D eigenvalue weighted by Crippen LogP contribution is -1.92. The topological polar surface area (TPSA) is 13.1 Å². The summed E-state index contributed by atoms with van der Waals surface area (Å²) in [5.74, 6) is 0. The van der Waals surface area contributed by atoms with Gasteiger partial charge in [0.25, 0.3) is 0 Å². The fourth-order valence-corrected chi connectivity index (χ4v) is 5.26. The predicted molar refractivity (Wildman–Crippen MR) is 165 cm³/mol. The second-order valence-corrected chi connectivity index (χ2v) is 8.96. The van der Waals surface area contributed by atoms with Gasteiger partial charge in [-0.1, -0.05) is 127 Å². The van der Waals surface area contributed by atoms with Gasteiger partial charge in [-0.25, -0.2) is 0 Å². The molecule has 0 aliphatic rings. The fourth-order valence-electron chi connectivity index (χ4n) is 5.26. The number of furan rings is 1. The van der Waals surface area contributed by atoms with Gasteiger partial charge in [0, 0.05) is 10.8 Å². The Labute approximate surface area is 247 Å². The molecule has 8 rings (SSSR count). The van der Waals surface area contributed by atoms with Gasteiger partial charge in [-0.3, -0.25) is 0 Å². The van der Waals surface area contributed by atoms with Crippen molar-refractivity contribution in [2.75, 3.05) is 0 Å². The first-order valence-corrected chi connectivity index (χ1v) is 12.1. The summed E-state index contributed by atoms with van der Waals surface area (Å²) in [6.45, 7) is 0. The molecule has 0 spiro atoms. The Morgan fingerprint density at radius 3 is 1.87 bits per heavy atom. The second kappa shape index (κ2) is 8.72. The minimum atomic E-state index is -0.772. The van der Waals surface area contributed by atoms with Gasteiger partial charge in [0.15, 0.2) is 0 Å². The van der Waals surface area contributed by atoms with Gasteiger partial charge in [-0.15, -0.1) is 0 Å². The van der Waals surface area contributed by atoms with Gasteiger partial charge in [0.05, 0.1) is 20.6 Å². The molecule has 7 aromatic carbocycles. The molecule has 1 heterocycles. The van der Waals surface area contributed by atoms with E-state index in [0.717, 1.165) is 10.8 Å². The molecular formula is C38H24O. The van der Waals surface area contributed by atoms with Gasteiger partial charge < -0.3 is 4.42 Å². The van der Waals surface area contributed by atoms with Crippen LogP contribution in [0.15, 0.2) is 150 Å². The van der Waals surface area contributed by atoms with Crippen molar-refractivity contribution < 1.29 is 25.0 Å². The number of fused-ring (bicyclic) bond motifs is 5. The average Bonchev–Trinajstić information content (AvgIpc) is 3.53. The maximum atomic E-state index is 9.28. The SMILES string of the molecule is [2H]c1cc2c(-c3ccc4c(c3)oc3ccccc34)c3c([2H])c([2H])c([2H])c([2H])c3c(-c3c([2H])c([2H])c([2H])c([2H])c3-c3c([2H])c([2H])c([2H])c([2H])c3[2H])c2cc1[2H]. The van der Waals surface area contributed by atoms with E-state index >= 15 is 0 Å². The van der Waals surface area contributed by atoms with Crippen molar-refractivity contribution >= 4 is 43.5 Å². The fraction of sp³-hybridized carbons (Fsp3) is 0. The van der Waals surface area contributed by atoms with E-state index < -0.39 is 95.2 Å². The van der Waals surface area contributed by atoms with Crippen LogP contribution in [-0.2, 0) is 0 Å². The normalized spacial score (nSPS) is 17.0. The Morgan fingerprint density at radius 1 is 0.410 bits per heavy atom. The maximum absolute atomic E-state index is 9.28. The number of hydrogen-bond donors (Lipinski definition) is 0. The van der Waals surface area contributed by atoms with Crippen LogP contribution < -0.4 is 0 Å². The first kappa shape index (κ1) is 11.7. The molecular weight excluding hydrogens is 472 g/mol. The maximum Gasteiger partial charge on any atom is 0.136 e. The summed E-state index contributed by atoms with van der Waals surface area (Å²) < 4.78 is 138. The van der Waals surface area contributed by atoms with E-state index in [2.05, 4.69) is 0 Å². The zero-order valence-electron chi connectivity index (χ0n) is 35.1. The summed E-state index contributed by atoms with van der Waals surface area (Å²) in [5.41, 5.74) is 0.0894. The molecule has 0 N–H and O–H groups in total. The third-order valence-electron chi connectivity index (χ3n) is 6.89. The van der Waals surface area contributed by atoms with E-state index in [1.807, 2.05) is 24.3 Å². The van der Waals surface area contributed by atoms with Crippen LogP contribution in [0.25, 0.3) is 76.9 Å². The van der Waals surface area contributed by atoms with Crippen molar-refractivity contribution in [3.63, 3.8) is 0 Å². The van der Waals surface area contributed by atoms with E-state index in [4.69, 9.17) is 20.9 Å². The number of para-hydroxylation sites is 1. The minimum absolute atomic E-state index is 0.0619. The lowest BCUT2D eigenvalue weighted by Gasteiger charge is -2.19. The average molecular weight is 512 g/mol. The highest BCUT2D eigenvalue weighted by molar-refractivity contribution is 6.23. The summed E-state index contributed by atoms with van der Waals surface area (Å²) in [6, 6.07) is 5.58. The highest BCUT2D eigenvalue weighted by Crippen LogP contribution is 2.46. The van der Waals surface area contributed by atoms with E-state index in [-0.39, 0.29) is 44.8 Å². The van der Waals surface area contributed by atoms with Gasteiger partial charge in [0.1, 0.15) is 11.2 Å². The molecule has 0 aliphatic carbocycles. The van der Waals surface area contributed by atoms with Crippen LogP contribution in [0.1, 0.15) is 20.6 Å². The van der Waals surface area contributed by atoms with Crippen molar-refractivity contribution in [2.45, 2.75) is 0 Å². The summed E-state index contributed by atoms with van der Waals surface area (Å²) in [7, 11) is 0. The van der Waals surface area contributed by atoms with Crippen LogP contribution in [0.5, 0.6) is 0 Å². The molecule has 8 aromatic rings. The van der Waals surface area contributed by atoms with Crippen LogP contribution in [0, 0.1) is 0 Å². The van der Waals surface area contributed by atoms with Crippen molar-refractivity contribution in [3.05, 3.63) is 145 Å². The molecule has 39 heavy (non-hydrogen) atoms. The highest BCUT2D eigenvalue weighted by Gasteiger charge is 2.19. The van der Waals surface area contributed by atoms with Crippen LogP contribution in [-0.4, -0.2) is 0 Å². The molecule has 0 aliphatic heterocycles. The molecule has 0 bridgehead atoms. The Kier molecular flexibility index (Phi) is 2.62. The van der Waals surface area contributed by atoms with Gasteiger partial charge in [-0.2, -0.15) is 0 Å². The first-order chi connectivity index (χ1) is 25.6. The summed E-state index contributed by atoms with van der Waals surface area (Å²) in [6.07, 6.45) is 0. The van der Waals surface area contributed by atoms with Crippen molar-refractivity contribution in [1.29, 1.82) is 0 Å². The molecule has 182 valence electrons. The standard InChI is InChI=1S/C38H24O/c1-2-12-25(13-3-1)27-14-4-5-16-30(27)38-33-19-8-6-17-31(33)37(32-18-7-9-20-34(32)38)26-22-23-29-28-15-10-11-21-35(28)39-36(29)24-26/h1-24H/i1D,2D,3D,4D,5D,6D,7D,8D,9D,12D,13D,14D,16D,17D,19D. The Balaban J connectivity index is 1.66. The number of benzene rings is 7. The minimum Gasteiger partial charge on any atom is -0.456 e. The third kappa shape index (κ3) is 3.41. The van der Waals surface area contributed by atoms with E-state index in [0.29, 0.717) is 16.7 Å². The number of hydrogen-bond acceptors (Lipinski definition) is 1. The second-order valence-electron chi connectivity index (χ2n) is 8.96. The summed E-state index contributed by atoms with van der Waals surface area (Å²) >= 11 is 0. The zero-order valence-corrected chi connectivity index (χ0v) is 20.1. The molecule has 0 radical (unpaired) electrons. The summed E-state index contributed by atoms with van der Waals surface area (Å²) in [4.78, 5) is 0. The van der Waals surface area contributed by atoms with E-state index in [9.17, 15) is 4.11 Å². The van der Waals surface area contributed by atoms with Crippen LogP contribution >= 0.6 is 0 Å². The van der Waals surface area contributed by atoms with Crippen LogP contribution in [0.3, 0.4) is 0 Å². The molecule has 0 fully saturated rings.